The van der Waals surface area contributed by atoms with E-state index in [1.807, 2.05) is 29.9 Å². The van der Waals surface area contributed by atoms with Gasteiger partial charge in [0, 0.05) is 25.4 Å². The van der Waals surface area contributed by atoms with Crippen molar-refractivity contribution in [2.75, 3.05) is 6.54 Å². The highest BCUT2D eigenvalue weighted by atomic mass is 16.2. The first-order valence-corrected chi connectivity index (χ1v) is 7.65. The second kappa shape index (κ2) is 5.48. The minimum Gasteiger partial charge on any atom is -0.349 e. The number of aromatic amines is 2. The molecule has 0 saturated carbocycles. The lowest BCUT2D eigenvalue weighted by atomic mass is 10.1. The number of aromatic nitrogens is 5. The number of carbonyl (C=O) groups is 1. The fraction of sp³-hybridized carbons (Fsp3) is 0.250. The second-order valence-corrected chi connectivity index (χ2v) is 5.80. The molecule has 8 heteroatoms. The van der Waals surface area contributed by atoms with Gasteiger partial charge in [0.2, 0.25) is 0 Å². The molecule has 1 aliphatic heterocycles. The summed E-state index contributed by atoms with van der Waals surface area (Å²) in [7, 11) is 1.93. The molecule has 1 aliphatic rings. The van der Waals surface area contributed by atoms with Crippen molar-refractivity contribution >= 4 is 5.91 Å². The van der Waals surface area contributed by atoms with Crippen LogP contribution in [0.25, 0.3) is 11.4 Å². The molecule has 0 atom stereocenters. The van der Waals surface area contributed by atoms with Gasteiger partial charge in [0.15, 0.2) is 0 Å². The maximum atomic E-state index is 12.7. The van der Waals surface area contributed by atoms with E-state index in [0.717, 1.165) is 11.4 Å². The van der Waals surface area contributed by atoms with Gasteiger partial charge in [0.25, 0.3) is 11.5 Å². The van der Waals surface area contributed by atoms with Gasteiger partial charge in [-0.2, -0.15) is 5.10 Å². The Labute approximate surface area is 137 Å². The number of nitrogens with one attached hydrogen (secondary N) is 2. The molecule has 0 aliphatic carbocycles. The number of fused-ring (bicyclic) bond motifs is 1. The highest BCUT2D eigenvalue weighted by molar-refractivity contribution is 5.93. The van der Waals surface area contributed by atoms with Crippen LogP contribution in [0, 0.1) is 0 Å². The van der Waals surface area contributed by atoms with E-state index in [0.29, 0.717) is 36.5 Å². The van der Waals surface area contributed by atoms with E-state index in [-0.39, 0.29) is 11.5 Å². The molecule has 122 valence electrons. The number of carbonyl (C=O) groups excluding carboxylic acids is 1. The monoisotopic (exact) mass is 324 g/mol. The van der Waals surface area contributed by atoms with E-state index in [2.05, 4.69) is 20.2 Å². The number of nitrogens with zero attached hydrogens (tertiary/aromatic N) is 4. The molecule has 0 spiro atoms. The van der Waals surface area contributed by atoms with Gasteiger partial charge in [-0.1, -0.05) is 0 Å². The van der Waals surface area contributed by atoms with Gasteiger partial charge in [-0.25, -0.2) is 4.98 Å². The summed E-state index contributed by atoms with van der Waals surface area (Å²) in [5.41, 5.74) is 3.27. The Balaban J connectivity index is 1.58. The van der Waals surface area contributed by atoms with Crippen LogP contribution in [0.2, 0.25) is 0 Å². The predicted octanol–water partition coefficient (Wildman–Crippen LogP) is 0.697. The average molecular weight is 324 g/mol. The van der Waals surface area contributed by atoms with E-state index in [9.17, 15) is 9.59 Å². The number of H-pyrrole nitrogens is 2. The summed E-state index contributed by atoms with van der Waals surface area (Å²) >= 11 is 0. The van der Waals surface area contributed by atoms with Gasteiger partial charge in [0.1, 0.15) is 11.4 Å². The second-order valence-electron chi connectivity index (χ2n) is 5.80. The van der Waals surface area contributed by atoms with Crippen molar-refractivity contribution in [3.63, 3.8) is 0 Å². The van der Waals surface area contributed by atoms with Crippen LogP contribution in [-0.4, -0.2) is 42.1 Å². The highest BCUT2D eigenvalue weighted by Gasteiger charge is 2.25. The molecule has 1 amide bonds. The van der Waals surface area contributed by atoms with Crippen LogP contribution in [0.15, 0.2) is 35.5 Å². The lowest BCUT2D eigenvalue weighted by Crippen LogP contribution is -2.39. The van der Waals surface area contributed by atoms with Crippen molar-refractivity contribution < 1.29 is 4.79 Å². The third kappa shape index (κ3) is 2.32. The molecule has 4 heterocycles. The Morgan fingerprint density at radius 1 is 1.38 bits per heavy atom. The first-order chi connectivity index (χ1) is 11.6. The predicted molar refractivity (Wildman–Crippen MR) is 86.3 cm³/mol. The Morgan fingerprint density at radius 2 is 2.25 bits per heavy atom. The maximum absolute atomic E-state index is 12.7. The maximum Gasteiger partial charge on any atom is 0.272 e. The lowest BCUT2D eigenvalue weighted by Gasteiger charge is -2.26. The average Bonchev–Trinajstić information content (AvgIpc) is 3.22. The van der Waals surface area contributed by atoms with Crippen molar-refractivity contribution in [1.82, 2.24) is 29.6 Å². The highest BCUT2D eigenvalue weighted by Crippen LogP contribution is 2.20. The van der Waals surface area contributed by atoms with E-state index in [4.69, 9.17) is 0 Å². The quantitative estimate of drug-likeness (QED) is 0.724. The van der Waals surface area contributed by atoms with Crippen LogP contribution < -0.4 is 5.56 Å². The Bertz CT molecular complexity index is 967. The molecular weight excluding hydrogens is 308 g/mol. The third-order valence-electron chi connectivity index (χ3n) is 4.31. The van der Waals surface area contributed by atoms with E-state index >= 15 is 0 Å². The molecule has 0 fully saturated rings. The normalized spacial score (nSPS) is 13.8. The van der Waals surface area contributed by atoms with Gasteiger partial charge < -0.3 is 14.5 Å². The van der Waals surface area contributed by atoms with Crippen molar-refractivity contribution in [3.05, 3.63) is 58.0 Å². The summed E-state index contributed by atoms with van der Waals surface area (Å²) in [6, 6.07) is 5.62. The van der Waals surface area contributed by atoms with Gasteiger partial charge in [-0.15, -0.1) is 0 Å². The minimum absolute atomic E-state index is 0.125. The van der Waals surface area contributed by atoms with Crippen molar-refractivity contribution in [3.8, 4) is 11.4 Å². The summed E-state index contributed by atoms with van der Waals surface area (Å²) in [6.07, 6.45) is 3.80. The SMILES string of the molecule is Cn1cccc1-c1cc(C(=O)N2CCc3c(nc[nH]c3=O)C2)[nH]n1. The minimum atomic E-state index is -0.143. The number of rotatable bonds is 2. The summed E-state index contributed by atoms with van der Waals surface area (Å²) < 4.78 is 1.94. The molecule has 2 N–H and O–H groups in total. The van der Waals surface area contributed by atoms with Crippen LogP contribution in [0.5, 0.6) is 0 Å². The first kappa shape index (κ1) is 14.4. The number of aryl methyl sites for hydroxylation is 1. The van der Waals surface area contributed by atoms with Crippen molar-refractivity contribution in [1.29, 1.82) is 0 Å². The number of amides is 1. The Hall–Kier alpha value is -3.16. The van der Waals surface area contributed by atoms with Crippen molar-refractivity contribution in [2.45, 2.75) is 13.0 Å². The van der Waals surface area contributed by atoms with Crippen LogP contribution in [0.4, 0.5) is 0 Å². The zero-order valence-corrected chi connectivity index (χ0v) is 13.1. The van der Waals surface area contributed by atoms with E-state index < -0.39 is 0 Å². The van der Waals surface area contributed by atoms with Crippen LogP contribution in [0.1, 0.15) is 21.7 Å². The van der Waals surface area contributed by atoms with Gasteiger partial charge in [0.05, 0.1) is 24.3 Å². The molecule has 0 radical (unpaired) electrons. The molecule has 3 aromatic heterocycles. The topological polar surface area (TPSA) is 99.7 Å². The Morgan fingerprint density at radius 3 is 3.04 bits per heavy atom. The largest absolute Gasteiger partial charge is 0.349 e. The number of hydrogen-bond acceptors (Lipinski definition) is 4. The van der Waals surface area contributed by atoms with Gasteiger partial charge >= 0.3 is 0 Å². The molecule has 8 nitrogen and oxygen atoms in total. The fourth-order valence-corrected chi connectivity index (χ4v) is 3.00. The first-order valence-electron chi connectivity index (χ1n) is 7.65. The Kier molecular flexibility index (Phi) is 3.30. The van der Waals surface area contributed by atoms with Crippen LogP contribution in [0.3, 0.4) is 0 Å². The van der Waals surface area contributed by atoms with Gasteiger partial charge in [-0.05, 0) is 24.6 Å². The zero-order valence-electron chi connectivity index (χ0n) is 13.1. The van der Waals surface area contributed by atoms with E-state index in [1.54, 1.807) is 11.0 Å². The smallest absolute Gasteiger partial charge is 0.272 e. The summed E-state index contributed by atoms with van der Waals surface area (Å²) in [5, 5.41) is 7.04. The molecule has 0 unspecified atom stereocenters. The fourth-order valence-electron chi connectivity index (χ4n) is 3.00. The molecule has 0 bridgehead atoms. The van der Waals surface area contributed by atoms with E-state index in [1.165, 1.54) is 6.33 Å². The standard InChI is InChI=1S/C16H16N6O2/c1-21-5-2-3-14(21)11-7-12(20-19-11)16(24)22-6-4-10-13(8-22)17-9-18-15(10)23/h2-3,5,7,9H,4,6,8H2,1H3,(H,19,20)(H,17,18,23). The lowest BCUT2D eigenvalue weighted by molar-refractivity contribution is 0.0725. The summed E-state index contributed by atoms with van der Waals surface area (Å²) in [4.78, 5) is 32.9. The molecule has 3 aromatic rings. The van der Waals surface area contributed by atoms with Crippen molar-refractivity contribution in [2.24, 2.45) is 7.05 Å². The van der Waals surface area contributed by atoms with Crippen LogP contribution in [-0.2, 0) is 20.0 Å². The summed E-state index contributed by atoms with van der Waals surface area (Å²) in [5.74, 6) is -0.143. The molecular formula is C16H16N6O2. The molecule has 0 saturated heterocycles. The zero-order chi connectivity index (χ0) is 16.7. The molecule has 0 aromatic carbocycles. The molecule has 24 heavy (non-hydrogen) atoms. The number of hydrogen-bond donors (Lipinski definition) is 2. The van der Waals surface area contributed by atoms with Gasteiger partial charge in [-0.3, -0.25) is 14.7 Å². The van der Waals surface area contributed by atoms with Crippen LogP contribution >= 0.6 is 0 Å². The summed E-state index contributed by atoms with van der Waals surface area (Å²) in [6.45, 7) is 0.815. The molecule has 4 rings (SSSR count). The third-order valence-corrected chi connectivity index (χ3v) is 4.31.